The number of phenols is 1. The van der Waals surface area contributed by atoms with Crippen molar-refractivity contribution in [2.45, 2.75) is 103 Å². The van der Waals surface area contributed by atoms with E-state index >= 15 is 0 Å². The zero-order valence-electron chi connectivity index (χ0n) is 29.6. The van der Waals surface area contributed by atoms with Crippen molar-refractivity contribution in [3.05, 3.63) is 51.3 Å². The van der Waals surface area contributed by atoms with E-state index in [-0.39, 0.29) is 40.4 Å². The Hall–Kier alpha value is -3.89. The van der Waals surface area contributed by atoms with Gasteiger partial charge in [-0.25, -0.2) is 0 Å². The summed E-state index contributed by atoms with van der Waals surface area (Å²) in [4.78, 5) is 29.3. The minimum Gasteiger partial charge on any atom is -0.506 e. The fraction of sp³-hybridized carbons (Fsp3) is 0.564. The molecule has 1 spiro atoms. The number of aromatic nitrogens is 1. The van der Waals surface area contributed by atoms with Crippen molar-refractivity contribution >= 4 is 22.3 Å². The number of hydrogen-bond acceptors (Lipinski definition) is 10. The molecule has 0 radical (unpaired) electrons. The third-order valence-electron chi connectivity index (χ3n) is 12.0. The second-order valence-electron chi connectivity index (χ2n) is 14.8. The average molecular weight is 674 g/mol. The lowest BCUT2D eigenvalue weighted by molar-refractivity contribution is -0.0607. The summed E-state index contributed by atoms with van der Waals surface area (Å²) >= 11 is 0. The predicted molar refractivity (Wildman–Crippen MR) is 182 cm³/mol. The van der Waals surface area contributed by atoms with E-state index in [0.29, 0.717) is 42.1 Å². The summed E-state index contributed by atoms with van der Waals surface area (Å²) in [5, 5.41) is 30.0. The molecule has 4 atom stereocenters. The summed E-state index contributed by atoms with van der Waals surface area (Å²) in [6.07, 6.45) is 7.01. The predicted octanol–water partition coefficient (Wildman–Crippen LogP) is 7.13. The van der Waals surface area contributed by atoms with Gasteiger partial charge in [-0.2, -0.15) is 0 Å². The van der Waals surface area contributed by atoms with Crippen LogP contribution in [0.2, 0.25) is 0 Å². The number of ketones is 2. The van der Waals surface area contributed by atoms with Crippen LogP contribution in [-0.2, 0) is 23.0 Å². The Bertz CT molecular complexity index is 1900. The molecule has 0 saturated carbocycles. The highest BCUT2D eigenvalue weighted by Gasteiger charge is 2.65. The highest BCUT2D eigenvalue weighted by atomic mass is 16.5. The van der Waals surface area contributed by atoms with Gasteiger partial charge in [0.25, 0.3) is 5.88 Å². The molecule has 49 heavy (non-hydrogen) atoms. The molecule has 262 valence electrons. The summed E-state index contributed by atoms with van der Waals surface area (Å²) in [5.74, 6) is -1.87. The van der Waals surface area contributed by atoms with Crippen LogP contribution in [0.3, 0.4) is 0 Å². The van der Waals surface area contributed by atoms with Crippen molar-refractivity contribution in [3.8, 4) is 23.1 Å². The van der Waals surface area contributed by atoms with Gasteiger partial charge in [0, 0.05) is 41.9 Å². The maximum Gasteiger partial charge on any atom is 0.265 e. The Labute approximate surface area is 286 Å². The topological polar surface area (TPSA) is 138 Å². The molecule has 0 fully saturated rings. The zero-order chi connectivity index (χ0) is 35.0. The van der Waals surface area contributed by atoms with Crippen molar-refractivity contribution in [2.75, 3.05) is 27.4 Å². The molecule has 1 aromatic heterocycles. The molecular weight excluding hydrogens is 626 g/mol. The van der Waals surface area contributed by atoms with E-state index in [9.17, 15) is 19.8 Å². The number of fused-ring (bicyclic) bond motifs is 5. The smallest absolute Gasteiger partial charge is 0.265 e. The molecule has 4 aliphatic rings. The van der Waals surface area contributed by atoms with E-state index in [1.807, 2.05) is 13.0 Å². The van der Waals surface area contributed by atoms with Crippen LogP contribution >= 0.6 is 0 Å². The Kier molecular flexibility index (Phi) is 8.14. The molecule has 1 heterocycles. The molecule has 0 aliphatic heterocycles. The number of Topliss-reactive ketones (excluding diaryl/α,β-unsaturated/α-hetero) is 2. The Morgan fingerprint density at radius 2 is 1.69 bits per heavy atom. The number of unbranched alkanes of at least 4 members (excludes halogenated alkanes) is 2. The third kappa shape index (κ3) is 4.35. The van der Waals surface area contributed by atoms with E-state index in [2.05, 4.69) is 38.9 Å². The molecule has 7 rings (SSSR count). The molecule has 0 bridgehead atoms. The van der Waals surface area contributed by atoms with Crippen molar-refractivity contribution in [1.29, 1.82) is 0 Å². The number of allylic oxidation sites excluding steroid dienone is 2. The first-order valence-corrected chi connectivity index (χ1v) is 17.6. The number of methoxy groups -OCH3 is 2. The minimum absolute atomic E-state index is 0.00947. The first-order chi connectivity index (χ1) is 23.4. The number of benzene rings is 2. The Balaban J connectivity index is 1.52. The number of carbonyl (C=O) groups is 2. The van der Waals surface area contributed by atoms with Gasteiger partial charge in [0.15, 0.2) is 11.4 Å². The largest absolute Gasteiger partial charge is 0.506 e. The quantitative estimate of drug-likeness (QED) is 0.130. The van der Waals surface area contributed by atoms with Crippen LogP contribution in [0.1, 0.15) is 122 Å². The summed E-state index contributed by atoms with van der Waals surface area (Å²) in [6, 6.07) is 1.82. The number of aliphatic hydroxyl groups is 1. The number of carbonyl (C=O) groups excluding carboxylic acids is 2. The second kappa shape index (κ2) is 11.9. The van der Waals surface area contributed by atoms with Crippen molar-refractivity contribution in [3.63, 3.8) is 0 Å². The van der Waals surface area contributed by atoms with Gasteiger partial charge in [-0.3, -0.25) is 9.59 Å². The standard InChI is InChI=1S/C39H47NO9/c1-8-10-15-47-23-18-25(45-6)31-26-21(19-38(31)20(3)13-12-14-37(38,4)5)27-30(32(41)28(23)26)35(43)39(44)22(33(27)46-7)17-24-29(34(39)42)36(40-49-24)48-16-11-9-2/h13,18,22,33,41,44H,8-12,14-17,19H2,1-7H3/t22-,33+,38+,39-/m1/s1. The van der Waals surface area contributed by atoms with Crippen molar-refractivity contribution in [2.24, 2.45) is 11.3 Å². The average Bonchev–Trinajstić information content (AvgIpc) is 3.65. The lowest BCUT2D eigenvalue weighted by Crippen LogP contribution is -2.60. The first-order valence-electron chi connectivity index (χ1n) is 17.6. The summed E-state index contributed by atoms with van der Waals surface area (Å²) in [6.45, 7) is 11.5. The highest BCUT2D eigenvalue weighted by Crippen LogP contribution is 2.66. The minimum atomic E-state index is -2.55. The van der Waals surface area contributed by atoms with Crippen LogP contribution in [0.15, 0.2) is 22.2 Å². The fourth-order valence-electron chi connectivity index (χ4n) is 9.36. The number of aromatic hydroxyl groups is 1. The van der Waals surface area contributed by atoms with Crippen LogP contribution in [0.25, 0.3) is 10.8 Å². The van der Waals surface area contributed by atoms with Crippen LogP contribution < -0.4 is 14.2 Å². The number of rotatable bonds is 10. The molecular formula is C39H47NO9. The monoisotopic (exact) mass is 673 g/mol. The number of phenolic OH excluding ortho intramolecular Hbond substituents is 1. The van der Waals surface area contributed by atoms with E-state index < -0.39 is 34.6 Å². The Morgan fingerprint density at radius 3 is 2.35 bits per heavy atom. The molecule has 10 heteroatoms. The SMILES string of the molecule is CCCCOc1noc2c1C(=O)[C@@]1(O)C(=O)c3c(c4c5c(c(OC)cc(OCCCC)c5c3O)[C@]3(C4)C(C)=CCCC3(C)C)[C@@H](OC)[C@H]1C2. The number of ether oxygens (including phenoxy) is 4. The molecule has 10 nitrogen and oxygen atoms in total. The van der Waals surface area contributed by atoms with E-state index in [4.69, 9.17) is 23.5 Å². The summed E-state index contributed by atoms with van der Waals surface area (Å²) < 4.78 is 30.1. The van der Waals surface area contributed by atoms with E-state index in [0.717, 1.165) is 55.0 Å². The van der Waals surface area contributed by atoms with Gasteiger partial charge in [0.1, 0.15) is 22.8 Å². The number of nitrogens with zero attached hydrogens (tertiary/aromatic N) is 1. The summed E-state index contributed by atoms with van der Waals surface area (Å²) in [5.41, 5.74) is 0.00322. The molecule has 4 aliphatic carbocycles. The van der Waals surface area contributed by atoms with Crippen LogP contribution in [-0.4, -0.2) is 60.0 Å². The van der Waals surface area contributed by atoms with Gasteiger partial charge in [-0.1, -0.05) is 52.2 Å². The van der Waals surface area contributed by atoms with Gasteiger partial charge in [-0.15, -0.1) is 0 Å². The summed E-state index contributed by atoms with van der Waals surface area (Å²) in [7, 11) is 3.15. The zero-order valence-corrected chi connectivity index (χ0v) is 29.6. The van der Waals surface area contributed by atoms with Crippen molar-refractivity contribution in [1.82, 2.24) is 5.16 Å². The van der Waals surface area contributed by atoms with Crippen LogP contribution in [0.4, 0.5) is 0 Å². The van der Waals surface area contributed by atoms with Gasteiger partial charge in [-0.05, 0) is 60.7 Å². The number of hydrogen-bond donors (Lipinski definition) is 2. The Morgan fingerprint density at radius 1 is 1.00 bits per heavy atom. The maximum absolute atomic E-state index is 14.9. The van der Waals surface area contributed by atoms with Gasteiger partial charge < -0.3 is 33.7 Å². The highest BCUT2D eigenvalue weighted by molar-refractivity contribution is 6.27. The molecule has 3 aromatic rings. The molecule has 2 aromatic carbocycles. The van der Waals surface area contributed by atoms with E-state index in [1.54, 1.807) is 7.11 Å². The van der Waals surface area contributed by atoms with Gasteiger partial charge in [0.2, 0.25) is 11.6 Å². The lowest BCUT2D eigenvalue weighted by Gasteiger charge is -2.49. The lowest BCUT2D eigenvalue weighted by atomic mass is 9.54. The third-order valence-corrected chi connectivity index (χ3v) is 12.0. The molecule has 0 amide bonds. The van der Waals surface area contributed by atoms with Crippen LogP contribution in [0.5, 0.6) is 23.1 Å². The normalized spacial score (nSPS) is 26.4. The second-order valence-corrected chi connectivity index (χ2v) is 14.8. The fourth-order valence-corrected chi connectivity index (χ4v) is 9.36. The van der Waals surface area contributed by atoms with E-state index in [1.165, 1.54) is 12.7 Å². The van der Waals surface area contributed by atoms with Crippen LogP contribution in [0, 0.1) is 11.3 Å². The molecule has 2 N–H and O–H groups in total. The van der Waals surface area contributed by atoms with Gasteiger partial charge >= 0.3 is 0 Å². The molecule has 0 unspecified atom stereocenters. The van der Waals surface area contributed by atoms with Gasteiger partial charge in [0.05, 0.1) is 37.4 Å². The first kappa shape index (κ1) is 33.6. The maximum atomic E-state index is 14.9. The van der Waals surface area contributed by atoms with Crippen molar-refractivity contribution < 1.29 is 43.3 Å². The molecule has 0 saturated heterocycles.